The molecule has 0 bridgehead atoms. The number of nitro groups is 1. The van der Waals surface area contributed by atoms with Gasteiger partial charge in [-0.2, -0.15) is 0 Å². The van der Waals surface area contributed by atoms with Crippen LogP contribution < -0.4 is 0 Å². The Morgan fingerprint density at radius 1 is 1.47 bits per heavy atom. The molecule has 1 aromatic carbocycles. The molecule has 0 aliphatic heterocycles. The molecular formula is C11H15NO6S. The lowest BCUT2D eigenvalue weighted by Gasteiger charge is -2.01. The van der Waals surface area contributed by atoms with Crippen LogP contribution in [-0.2, 0) is 9.53 Å². The SMILES string of the molecule is CC(O)O.COC(=O)CSc1ccccc1[N+](=O)[O-]. The Morgan fingerprint density at radius 2 is 2.00 bits per heavy atom. The fourth-order valence-electron chi connectivity index (χ4n) is 0.926. The third-order valence-electron chi connectivity index (χ3n) is 1.64. The van der Waals surface area contributed by atoms with Crippen LogP contribution in [-0.4, -0.2) is 40.3 Å². The molecule has 0 amide bonds. The van der Waals surface area contributed by atoms with Crippen LogP contribution in [0.2, 0.25) is 0 Å². The van der Waals surface area contributed by atoms with Crippen molar-refractivity contribution in [2.24, 2.45) is 0 Å². The summed E-state index contributed by atoms with van der Waals surface area (Å²) in [6.45, 7) is 1.28. The molecule has 0 heterocycles. The van der Waals surface area contributed by atoms with E-state index in [1.165, 1.54) is 20.1 Å². The number of esters is 1. The molecule has 7 nitrogen and oxygen atoms in total. The zero-order chi connectivity index (χ0) is 14.8. The number of hydrogen-bond acceptors (Lipinski definition) is 7. The number of methoxy groups -OCH3 is 1. The minimum Gasteiger partial charge on any atom is -0.468 e. The van der Waals surface area contributed by atoms with Gasteiger partial charge in [0.25, 0.3) is 5.69 Å². The molecule has 0 atom stereocenters. The van der Waals surface area contributed by atoms with Gasteiger partial charge < -0.3 is 14.9 Å². The van der Waals surface area contributed by atoms with Gasteiger partial charge in [0.05, 0.1) is 22.7 Å². The average molecular weight is 289 g/mol. The van der Waals surface area contributed by atoms with Gasteiger partial charge >= 0.3 is 5.97 Å². The van der Waals surface area contributed by atoms with Crippen LogP contribution in [0.3, 0.4) is 0 Å². The number of rotatable bonds is 4. The van der Waals surface area contributed by atoms with Crippen molar-refractivity contribution in [3.8, 4) is 0 Å². The summed E-state index contributed by atoms with van der Waals surface area (Å²) in [5.41, 5.74) is 0.00593. The molecule has 2 N–H and O–H groups in total. The number of hydrogen-bond donors (Lipinski definition) is 2. The van der Waals surface area contributed by atoms with E-state index in [4.69, 9.17) is 10.2 Å². The molecule has 0 saturated heterocycles. The summed E-state index contributed by atoms with van der Waals surface area (Å²) in [4.78, 5) is 21.5. The van der Waals surface area contributed by atoms with Gasteiger partial charge in [-0.05, 0) is 13.0 Å². The largest absolute Gasteiger partial charge is 0.468 e. The van der Waals surface area contributed by atoms with Crippen molar-refractivity contribution in [2.45, 2.75) is 18.1 Å². The molecule has 0 aliphatic carbocycles. The summed E-state index contributed by atoms with van der Waals surface area (Å²) in [6, 6.07) is 6.28. The summed E-state index contributed by atoms with van der Waals surface area (Å²) in [7, 11) is 1.28. The lowest BCUT2D eigenvalue weighted by Crippen LogP contribution is -2.03. The second kappa shape index (κ2) is 9.31. The van der Waals surface area contributed by atoms with E-state index in [9.17, 15) is 14.9 Å². The number of para-hydroxylation sites is 1. The number of benzene rings is 1. The number of nitrogens with zero attached hydrogens (tertiary/aromatic N) is 1. The Labute approximate surface area is 114 Å². The molecule has 0 unspecified atom stereocenters. The molecule has 0 saturated carbocycles. The fourth-order valence-corrected chi connectivity index (χ4v) is 1.78. The second-order valence-corrected chi connectivity index (χ2v) is 4.24. The maximum atomic E-state index is 10.9. The standard InChI is InChI=1S/C9H9NO4S.C2H6O2/c1-14-9(11)6-15-8-5-3-2-4-7(8)10(12)13;1-2(3)4/h2-5H,6H2,1H3;2-4H,1H3. The Balaban J connectivity index is 0.000000711. The van der Waals surface area contributed by atoms with Gasteiger partial charge in [0, 0.05) is 6.07 Å². The van der Waals surface area contributed by atoms with Crippen molar-refractivity contribution in [3.63, 3.8) is 0 Å². The summed E-state index contributed by atoms with van der Waals surface area (Å²) >= 11 is 1.09. The first kappa shape index (κ1) is 17.4. The van der Waals surface area contributed by atoms with E-state index < -0.39 is 17.2 Å². The number of nitro benzene ring substituents is 1. The number of carbonyl (C=O) groups excluding carboxylic acids is 1. The minimum absolute atomic E-state index is 0.00593. The monoisotopic (exact) mass is 289 g/mol. The summed E-state index contributed by atoms with van der Waals surface area (Å²) in [5, 5.41) is 25.8. The van der Waals surface area contributed by atoms with E-state index in [1.807, 2.05) is 0 Å². The first-order valence-corrected chi connectivity index (χ1v) is 6.16. The molecule has 8 heteroatoms. The maximum Gasteiger partial charge on any atom is 0.315 e. The topological polar surface area (TPSA) is 110 Å². The highest BCUT2D eigenvalue weighted by molar-refractivity contribution is 8.00. The van der Waals surface area contributed by atoms with Crippen molar-refractivity contribution in [1.82, 2.24) is 0 Å². The van der Waals surface area contributed by atoms with Gasteiger partial charge in [0.15, 0.2) is 0 Å². The second-order valence-electron chi connectivity index (χ2n) is 3.22. The first-order chi connectivity index (χ1) is 8.88. The molecule has 0 radical (unpaired) electrons. The van der Waals surface area contributed by atoms with Crippen molar-refractivity contribution < 1.29 is 24.7 Å². The highest BCUT2D eigenvalue weighted by Gasteiger charge is 2.13. The highest BCUT2D eigenvalue weighted by atomic mass is 32.2. The van der Waals surface area contributed by atoms with E-state index in [0.29, 0.717) is 4.90 Å². The molecular weight excluding hydrogens is 274 g/mol. The van der Waals surface area contributed by atoms with Crippen molar-refractivity contribution in [1.29, 1.82) is 0 Å². The van der Waals surface area contributed by atoms with E-state index in [2.05, 4.69) is 4.74 Å². The van der Waals surface area contributed by atoms with Crippen LogP contribution in [0.25, 0.3) is 0 Å². The molecule has 0 fully saturated rings. The van der Waals surface area contributed by atoms with Crippen LogP contribution in [0.5, 0.6) is 0 Å². The van der Waals surface area contributed by atoms with E-state index in [0.717, 1.165) is 11.8 Å². The van der Waals surface area contributed by atoms with Gasteiger partial charge in [-0.25, -0.2) is 0 Å². The van der Waals surface area contributed by atoms with Crippen LogP contribution in [0.4, 0.5) is 5.69 Å². The molecule has 0 aromatic heterocycles. The maximum absolute atomic E-state index is 10.9. The van der Waals surface area contributed by atoms with Gasteiger partial charge in [-0.1, -0.05) is 12.1 Å². The number of aliphatic hydroxyl groups excluding tert-OH is 1. The Kier molecular flexibility index (Phi) is 8.51. The molecule has 106 valence electrons. The van der Waals surface area contributed by atoms with Crippen LogP contribution >= 0.6 is 11.8 Å². The number of aliphatic hydroxyl groups is 2. The third-order valence-corrected chi connectivity index (χ3v) is 2.67. The zero-order valence-corrected chi connectivity index (χ0v) is 11.3. The quantitative estimate of drug-likeness (QED) is 0.281. The van der Waals surface area contributed by atoms with E-state index >= 15 is 0 Å². The zero-order valence-electron chi connectivity index (χ0n) is 10.5. The smallest absolute Gasteiger partial charge is 0.315 e. The Hall–Kier alpha value is -1.64. The van der Waals surface area contributed by atoms with E-state index in [1.54, 1.807) is 18.2 Å². The third kappa shape index (κ3) is 8.14. The predicted octanol–water partition coefficient (Wildman–Crippen LogP) is 1.18. The molecule has 0 aliphatic rings. The Bertz CT molecular complexity index is 421. The van der Waals surface area contributed by atoms with Crippen molar-refractivity contribution >= 4 is 23.4 Å². The molecule has 1 aromatic rings. The van der Waals surface area contributed by atoms with Gasteiger partial charge in [-0.3, -0.25) is 14.9 Å². The average Bonchev–Trinajstić information content (AvgIpc) is 2.35. The van der Waals surface area contributed by atoms with Crippen LogP contribution in [0, 0.1) is 10.1 Å². The normalized spacial score (nSPS) is 9.53. The first-order valence-electron chi connectivity index (χ1n) is 5.17. The predicted molar refractivity (Wildman–Crippen MR) is 69.7 cm³/mol. The molecule has 0 spiro atoms. The molecule has 19 heavy (non-hydrogen) atoms. The molecule has 1 rings (SSSR count). The van der Waals surface area contributed by atoms with Gasteiger partial charge in [0.2, 0.25) is 0 Å². The van der Waals surface area contributed by atoms with Crippen molar-refractivity contribution in [3.05, 3.63) is 34.4 Å². The summed E-state index contributed by atoms with van der Waals surface area (Å²) in [5.74, 6) is -0.334. The number of thioether (sulfide) groups is 1. The fraction of sp³-hybridized carbons (Fsp3) is 0.364. The summed E-state index contributed by atoms with van der Waals surface area (Å²) < 4.78 is 4.44. The lowest BCUT2D eigenvalue weighted by molar-refractivity contribution is -0.387. The van der Waals surface area contributed by atoms with E-state index in [-0.39, 0.29) is 11.4 Å². The van der Waals surface area contributed by atoms with Gasteiger partial charge in [-0.15, -0.1) is 11.8 Å². The number of carbonyl (C=O) groups is 1. The van der Waals surface area contributed by atoms with Crippen LogP contribution in [0.15, 0.2) is 29.2 Å². The minimum atomic E-state index is -1.17. The van der Waals surface area contributed by atoms with Crippen molar-refractivity contribution in [2.75, 3.05) is 12.9 Å². The van der Waals surface area contributed by atoms with Gasteiger partial charge in [0.1, 0.15) is 6.29 Å². The number of ether oxygens (including phenoxy) is 1. The van der Waals surface area contributed by atoms with Crippen LogP contribution in [0.1, 0.15) is 6.92 Å². The Morgan fingerprint density at radius 3 is 2.47 bits per heavy atom. The summed E-state index contributed by atoms with van der Waals surface area (Å²) in [6.07, 6.45) is -1.17. The lowest BCUT2D eigenvalue weighted by atomic mass is 10.3. The highest BCUT2D eigenvalue weighted by Crippen LogP contribution is 2.28.